The molecule has 1 N–H and O–H groups in total. The van der Waals surface area contributed by atoms with Crippen LogP contribution in [0.4, 0.5) is 4.79 Å². The summed E-state index contributed by atoms with van der Waals surface area (Å²) in [4.78, 5) is 27.9. The number of carbonyl (C=O) groups excluding carboxylic acids is 2. The molecule has 0 aromatic heterocycles. The SMILES string of the molecule is CCN(CC)C(=O)NC1CCN(C(=O)COc2ccc(C)cc2)CC1. The summed E-state index contributed by atoms with van der Waals surface area (Å²) in [5.41, 5.74) is 1.16. The van der Waals surface area contributed by atoms with Crippen molar-refractivity contribution in [2.75, 3.05) is 32.8 Å². The number of nitrogens with one attached hydrogen (secondary N) is 1. The van der Waals surface area contributed by atoms with Gasteiger partial charge in [-0.05, 0) is 45.7 Å². The summed E-state index contributed by atoms with van der Waals surface area (Å²) in [5.74, 6) is 0.703. The number of aryl methyl sites for hydroxylation is 1. The van der Waals surface area contributed by atoms with Gasteiger partial charge in [-0.15, -0.1) is 0 Å². The van der Waals surface area contributed by atoms with Gasteiger partial charge in [-0.3, -0.25) is 4.79 Å². The van der Waals surface area contributed by atoms with Gasteiger partial charge in [0.05, 0.1) is 0 Å². The maximum atomic E-state index is 12.3. The maximum absolute atomic E-state index is 12.3. The lowest BCUT2D eigenvalue weighted by atomic mass is 10.1. The molecule has 2 rings (SSSR count). The van der Waals surface area contributed by atoms with Gasteiger partial charge in [0, 0.05) is 32.2 Å². The zero-order valence-electron chi connectivity index (χ0n) is 15.5. The molecule has 1 aliphatic heterocycles. The number of carbonyl (C=O) groups is 2. The molecule has 1 aromatic carbocycles. The molecule has 0 saturated carbocycles. The highest BCUT2D eigenvalue weighted by Gasteiger charge is 2.25. The Kier molecular flexibility index (Phi) is 7.10. The summed E-state index contributed by atoms with van der Waals surface area (Å²) < 4.78 is 5.56. The topological polar surface area (TPSA) is 61.9 Å². The number of benzene rings is 1. The first-order chi connectivity index (χ1) is 12.0. The summed E-state index contributed by atoms with van der Waals surface area (Å²) in [6.07, 6.45) is 1.56. The second-order valence-corrected chi connectivity index (χ2v) is 6.38. The van der Waals surface area contributed by atoms with Gasteiger partial charge in [-0.1, -0.05) is 17.7 Å². The van der Waals surface area contributed by atoms with Crippen molar-refractivity contribution in [3.8, 4) is 5.75 Å². The number of likely N-dealkylation sites (tertiary alicyclic amines) is 1. The molecule has 1 aromatic rings. The average Bonchev–Trinajstić information content (AvgIpc) is 2.62. The molecule has 0 spiro atoms. The van der Waals surface area contributed by atoms with Crippen LogP contribution in [0.1, 0.15) is 32.3 Å². The number of ether oxygens (including phenoxy) is 1. The predicted octanol–water partition coefficient (Wildman–Crippen LogP) is 2.42. The first kappa shape index (κ1) is 19.1. The van der Waals surface area contributed by atoms with Crippen LogP contribution in [0.5, 0.6) is 5.75 Å². The highest BCUT2D eigenvalue weighted by Crippen LogP contribution is 2.14. The van der Waals surface area contributed by atoms with Gasteiger partial charge in [-0.25, -0.2) is 4.79 Å². The van der Waals surface area contributed by atoms with E-state index >= 15 is 0 Å². The normalized spacial score (nSPS) is 14.9. The molecule has 138 valence electrons. The minimum Gasteiger partial charge on any atom is -0.484 e. The molecule has 3 amide bonds. The highest BCUT2D eigenvalue weighted by atomic mass is 16.5. The van der Waals surface area contributed by atoms with Crippen LogP contribution in [-0.2, 0) is 4.79 Å². The lowest BCUT2D eigenvalue weighted by Gasteiger charge is -2.33. The van der Waals surface area contributed by atoms with E-state index in [9.17, 15) is 9.59 Å². The van der Waals surface area contributed by atoms with Crippen LogP contribution in [0.2, 0.25) is 0 Å². The van der Waals surface area contributed by atoms with Crippen LogP contribution in [0.3, 0.4) is 0 Å². The average molecular weight is 347 g/mol. The molecule has 0 aliphatic carbocycles. The van der Waals surface area contributed by atoms with Crippen molar-refractivity contribution in [3.05, 3.63) is 29.8 Å². The second kappa shape index (κ2) is 9.30. The molecular weight excluding hydrogens is 318 g/mol. The van der Waals surface area contributed by atoms with Crippen LogP contribution >= 0.6 is 0 Å². The van der Waals surface area contributed by atoms with E-state index in [1.54, 1.807) is 4.90 Å². The van der Waals surface area contributed by atoms with Gasteiger partial charge in [-0.2, -0.15) is 0 Å². The Balaban J connectivity index is 1.72. The highest BCUT2D eigenvalue weighted by molar-refractivity contribution is 5.78. The van der Waals surface area contributed by atoms with E-state index in [1.807, 2.05) is 49.9 Å². The van der Waals surface area contributed by atoms with Gasteiger partial charge in [0.2, 0.25) is 0 Å². The molecule has 0 unspecified atom stereocenters. The Labute approximate surface area is 150 Å². The first-order valence-electron chi connectivity index (χ1n) is 9.06. The van der Waals surface area contributed by atoms with Crippen molar-refractivity contribution >= 4 is 11.9 Å². The largest absolute Gasteiger partial charge is 0.484 e. The number of nitrogens with zero attached hydrogens (tertiary/aromatic N) is 2. The molecule has 25 heavy (non-hydrogen) atoms. The smallest absolute Gasteiger partial charge is 0.317 e. The third kappa shape index (κ3) is 5.66. The number of urea groups is 1. The molecule has 1 saturated heterocycles. The minimum absolute atomic E-state index is 0.00547. The standard InChI is InChI=1S/C19H29N3O3/c1-4-21(5-2)19(24)20-16-10-12-22(13-11-16)18(23)14-25-17-8-6-15(3)7-9-17/h6-9,16H,4-5,10-14H2,1-3H3,(H,20,24). The number of rotatable bonds is 6. The predicted molar refractivity (Wildman–Crippen MR) is 97.7 cm³/mol. The van der Waals surface area contributed by atoms with Gasteiger partial charge in [0.15, 0.2) is 6.61 Å². The first-order valence-corrected chi connectivity index (χ1v) is 9.06. The molecule has 6 heteroatoms. The van der Waals surface area contributed by atoms with Crippen molar-refractivity contribution < 1.29 is 14.3 Å². The Hall–Kier alpha value is -2.24. The molecular formula is C19H29N3O3. The van der Waals surface area contributed by atoms with Crippen LogP contribution < -0.4 is 10.1 Å². The van der Waals surface area contributed by atoms with Crippen LogP contribution in [-0.4, -0.2) is 60.6 Å². The van der Waals surface area contributed by atoms with E-state index in [4.69, 9.17) is 4.74 Å². The molecule has 1 heterocycles. The maximum Gasteiger partial charge on any atom is 0.317 e. The fraction of sp³-hybridized carbons (Fsp3) is 0.579. The van der Waals surface area contributed by atoms with Gasteiger partial charge >= 0.3 is 6.03 Å². The van der Waals surface area contributed by atoms with E-state index in [2.05, 4.69) is 5.32 Å². The zero-order chi connectivity index (χ0) is 18.2. The number of amides is 3. The van der Waals surface area contributed by atoms with Gasteiger partial charge in [0.25, 0.3) is 5.91 Å². The second-order valence-electron chi connectivity index (χ2n) is 6.38. The fourth-order valence-corrected chi connectivity index (χ4v) is 2.92. The van der Waals surface area contributed by atoms with Crippen LogP contribution in [0, 0.1) is 6.92 Å². The summed E-state index contributed by atoms with van der Waals surface area (Å²) in [6.45, 7) is 8.72. The van der Waals surface area contributed by atoms with E-state index in [0.29, 0.717) is 31.9 Å². The Bertz CT molecular complexity index is 562. The summed E-state index contributed by atoms with van der Waals surface area (Å²) in [6, 6.07) is 7.79. The molecule has 0 bridgehead atoms. The van der Waals surface area contributed by atoms with Crippen molar-refractivity contribution in [1.29, 1.82) is 0 Å². The van der Waals surface area contributed by atoms with Crippen LogP contribution in [0.25, 0.3) is 0 Å². The van der Waals surface area contributed by atoms with Gasteiger partial charge < -0.3 is 19.9 Å². The number of hydrogen-bond donors (Lipinski definition) is 1. The third-order valence-corrected chi connectivity index (χ3v) is 4.61. The van der Waals surface area contributed by atoms with Crippen molar-refractivity contribution in [2.24, 2.45) is 0 Å². The number of hydrogen-bond acceptors (Lipinski definition) is 3. The van der Waals surface area contributed by atoms with E-state index < -0.39 is 0 Å². The van der Waals surface area contributed by atoms with E-state index in [1.165, 1.54) is 0 Å². The van der Waals surface area contributed by atoms with Crippen molar-refractivity contribution in [2.45, 2.75) is 39.7 Å². The summed E-state index contributed by atoms with van der Waals surface area (Å²) in [7, 11) is 0. The summed E-state index contributed by atoms with van der Waals surface area (Å²) in [5, 5.41) is 3.06. The quantitative estimate of drug-likeness (QED) is 0.860. The van der Waals surface area contributed by atoms with Crippen LogP contribution in [0.15, 0.2) is 24.3 Å². The zero-order valence-corrected chi connectivity index (χ0v) is 15.5. The fourth-order valence-electron chi connectivity index (χ4n) is 2.92. The van der Waals surface area contributed by atoms with E-state index in [0.717, 1.165) is 18.4 Å². The molecule has 1 fully saturated rings. The summed E-state index contributed by atoms with van der Waals surface area (Å²) >= 11 is 0. The Morgan fingerprint density at radius 2 is 1.76 bits per heavy atom. The minimum atomic E-state index is -0.0162. The third-order valence-electron chi connectivity index (χ3n) is 4.61. The Morgan fingerprint density at radius 1 is 1.16 bits per heavy atom. The van der Waals surface area contributed by atoms with Crippen molar-refractivity contribution in [3.63, 3.8) is 0 Å². The molecule has 0 radical (unpaired) electrons. The lowest BCUT2D eigenvalue weighted by molar-refractivity contribution is -0.134. The molecule has 0 atom stereocenters. The Morgan fingerprint density at radius 3 is 2.32 bits per heavy atom. The molecule has 1 aliphatic rings. The number of piperidine rings is 1. The van der Waals surface area contributed by atoms with E-state index in [-0.39, 0.29) is 24.6 Å². The molecule has 6 nitrogen and oxygen atoms in total. The van der Waals surface area contributed by atoms with Crippen molar-refractivity contribution in [1.82, 2.24) is 15.1 Å². The van der Waals surface area contributed by atoms with Gasteiger partial charge in [0.1, 0.15) is 5.75 Å². The monoisotopic (exact) mass is 347 g/mol. The lowest BCUT2D eigenvalue weighted by Crippen LogP contribution is -2.50.